The Bertz CT molecular complexity index is 1410. The number of aromatic nitrogens is 2. The van der Waals surface area contributed by atoms with Crippen LogP contribution in [0.2, 0.25) is 0 Å². The summed E-state index contributed by atoms with van der Waals surface area (Å²) in [5, 5.41) is 11.8. The summed E-state index contributed by atoms with van der Waals surface area (Å²) in [6.07, 6.45) is 2.48. The minimum absolute atomic E-state index is 0.0764. The fourth-order valence-corrected chi connectivity index (χ4v) is 4.57. The van der Waals surface area contributed by atoms with E-state index in [0.29, 0.717) is 37.7 Å². The standard InChI is InChI=1S/C26H26F2N4O4/c1-35-20-2-3-24-23(13-20)22(4-5-29-24)25(33)16-31-8-6-30(7-9-31)14-21-15-32(26(34)36-21)19-11-17(27)10-18(28)12-19/h2-5,10-13,15,25,33H,6-9,14,16H2,1H3/t25-/m0/s1. The van der Waals surface area contributed by atoms with Gasteiger partial charge in [-0.1, -0.05) is 0 Å². The number of nitrogens with zero attached hydrogens (tertiary/aromatic N) is 4. The number of halogens is 2. The minimum atomic E-state index is -0.767. The van der Waals surface area contributed by atoms with Gasteiger partial charge in [-0.3, -0.25) is 14.8 Å². The third-order valence-corrected chi connectivity index (χ3v) is 6.43. The van der Waals surface area contributed by atoms with Crippen LogP contribution in [-0.2, 0) is 6.54 Å². The van der Waals surface area contributed by atoms with Gasteiger partial charge in [0, 0.05) is 50.4 Å². The molecule has 0 radical (unpaired) electrons. The number of β-amino-alcohol motifs (C(OH)–C–C–N with tert-alkyl or cyclic N) is 1. The summed E-state index contributed by atoms with van der Waals surface area (Å²) in [5.74, 6) is -1.11. The van der Waals surface area contributed by atoms with Gasteiger partial charge in [0.2, 0.25) is 0 Å². The number of methoxy groups -OCH3 is 1. The van der Waals surface area contributed by atoms with Crippen LogP contribution in [0.3, 0.4) is 0 Å². The van der Waals surface area contributed by atoms with Crippen molar-refractivity contribution < 1.29 is 23.0 Å². The van der Waals surface area contributed by atoms with E-state index in [0.717, 1.165) is 52.3 Å². The molecule has 4 aromatic rings. The van der Waals surface area contributed by atoms with Gasteiger partial charge in [0.05, 0.1) is 37.2 Å². The molecule has 0 amide bonds. The molecule has 0 bridgehead atoms. The average Bonchev–Trinajstić information content (AvgIpc) is 3.23. The fourth-order valence-electron chi connectivity index (χ4n) is 4.57. The number of rotatable bonds is 7. The minimum Gasteiger partial charge on any atom is -0.497 e. The van der Waals surface area contributed by atoms with Gasteiger partial charge in [0.25, 0.3) is 0 Å². The van der Waals surface area contributed by atoms with Gasteiger partial charge in [-0.05, 0) is 42.0 Å². The molecule has 0 aliphatic carbocycles. The zero-order chi connectivity index (χ0) is 25.2. The molecule has 0 unspecified atom stereocenters. The highest BCUT2D eigenvalue weighted by molar-refractivity contribution is 5.83. The van der Waals surface area contributed by atoms with Crippen molar-refractivity contribution in [3.8, 4) is 11.4 Å². The molecule has 0 spiro atoms. The summed E-state index contributed by atoms with van der Waals surface area (Å²) < 4.78 is 38.8. The summed E-state index contributed by atoms with van der Waals surface area (Å²) in [6.45, 7) is 3.74. The van der Waals surface area contributed by atoms with Crippen LogP contribution < -0.4 is 10.5 Å². The summed E-state index contributed by atoms with van der Waals surface area (Å²) in [6, 6.07) is 10.3. The van der Waals surface area contributed by atoms with E-state index in [2.05, 4.69) is 14.8 Å². The maximum absolute atomic E-state index is 13.5. The molecule has 1 aliphatic rings. The molecule has 188 valence electrons. The maximum atomic E-state index is 13.5. The van der Waals surface area contributed by atoms with Crippen LogP contribution in [0.1, 0.15) is 17.4 Å². The topological polar surface area (TPSA) is 84.0 Å². The number of pyridine rings is 1. The van der Waals surface area contributed by atoms with E-state index in [-0.39, 0.29) is 5.69 Å². The number of fused-ring (bicyclic) bond motifs is 1. The Morgan fingerprint density at radius 1 is 1.06 bits per heavy atom. The number of ether oxygens (including phenoxy) is 1. The third-order valence-electron chi connectivity index (χ3n) is 6.43. The monoisotopic (exact) mass is 496 g/mol. The molecule has 8 nitrogen and oxygen atoms in total. The van der Waals surface area contributed by atoms with E-state index in [1.54, 1.807) is 13.3 Å². The number of aliphatic hydroxyl groups excluding tert-OH is 1. The van der Waals surface area contributed by atoms with Crippen molar-refractivity contribution in [1.29, 1.82) is 0 Å². The second-order valence-corrected chi connectivity index (χ2v) is 8.84. The second-order valence-electron chi connectivity index (χ2n) is 8.84. The Morgan fingerprint density at radius 3 is 2.50 bits per heavy atom. The SMILES string of the molecule is COc1ccc2nccc([C@@H](O)CN3CCN(Cc4cn(-c5cc(F)cc(F)c5)c(=O)o4)CC3)c2c1. The first-order valence-corrected chi connectivity index (χ1v) is 11.6. The molecule has 10 heteroatoms. The van der Waals surface area contributed by atoms with Crippen LogP contribution in [0, 0.1) is 11.6 Å². The van der Waals surface area contributed by atoms with E-state index in [9.17, 15) is 18.7 Å². The quantitative estimate of drug-likeness (QED) is 0.421. The second kappa shape index (κ2) is 10.2. The summed E-state index contributed by atoms with van der Waals surface area (Å²) >= 11 is 0. The van der Waals surface area contributed by atoms with Gasteiger partial charge in [0.1, 0.15) is 23.1 Å². The lowest BCUT2D eigenvalue weighted by Gasteiger charge is -2.35. The summed E-state index contributed by atoms with van der Waals surface area (Å²) in [4.78, 5) is 20.9. The molecule has 1 aliphatic heterocycles. The van der Waals surface area contributed by atoms with Gasteiger partial charge < -0.3 is 14.3 Å². The molecule has 2 aromatic heterocycles. The number of piperazine rings is 1. The predicted molar refractivity (Wildman–Crippen MR) is 129 cm³/mol. The zero-order valence-electron chi connectivity index (χ0n) is 19.7. The molecule has 1 fully saturated rings. The first kappa shape index (κ1) is 24.1. The predicted octanol–water partition coefficient (Wildman–Crippen LogP) is 3.12. The first-order chi connectivity index (χ1) is 17.4. The first-order valence-electron chi connectivity index (χ1n) is 11.6. The zero-order valence-corrected chi connectivity index (χ0v) is 19.7. The Labute approximate surface area is 206 Å². The molecule has 1 saturated heterocycles. The van der Waals surface area contributed by atoms with Gasteiger partial charge in [-0.15, -0.1) is 0 Å². The van der Waals surface area contributed by atoms with Crippen LogP contribution in [0.5, 0.6) is 5.75 Å². The van der Waals surface area contributed by atoms with Crippen LogP contribution in [0.25, 0.3) is 16.6 Å². The Hall–Kier alpha value is -3.60. The molecule has 5 rings (SSSR count). The number of benzene rings is 2. The third kappa shape index (κ3) is 5.15. The number of aliphatic hydroxyl groups is 1. The molecule has 0 saturated carbocycles. The van der Waals surface area contributed by atoms with Gasteiger partial charge in [0.15, 0.2) is 0 Å². The van der Waals surface area contributed by atoms with E-state index in [4.69, 9.17) is 9.15 Å². The molecule has 36 heavy (non-hydrogen) atoms. The van der Waals surface area contributed by atoms with Crippen molar-refractivity contribution in [2.24, 2.45) is 0 Å². The highest BCUT2D eigenvalue weighted by Gasteiger charge is 2.22. The molecule has 3 heterocycles. The lowest BCUT2D eigenvalue weighted by molar-refractivity contribution is 0.0682. The smallest absolute Gasteiger partial charge is 0.423 e. The molecule has 1 N–H and O–H groups in total. The Balaban J connectivity index is 1.20. The van der Waals surface area contributed by atoms with Crippen molar-refractivity contribution in [2.75, 3.05) is 39.8 Å². The van der Waals surface area contributed by atoms with Gasteiger partial charge in [-0.25, -0.2) is 18.1 Å². The van der Waals surface area contributed by atoms with Crippen molar-refractivity contribution in [3.63, 3.8) is 0 Å². The lowest BCUT2D eigenvalue weighted by atomic mass is 10.0. The fraction of sp³-hybridized carbons (Fsp3) is 0.308. The van der Waals surface area contributed by atoms with Crippen molar-refractivity contribution in [3.05, 3.63) is 88.4 Å². The van der Waals surface area contributed by atoms with Crippen molar-refractivity contribution in [1.82, 2.24) is 19.4 Å². The summed E-state index contributed by atoms with van der Waals surface area (Å²) in [5.41, 5.74) is 1.68. The highest BCUT2D eigenvalue weighted by Crippen LogP contribution is 2.27. The number of hydrogen-bond acceptors (Lipinski definition) is 7. The highest BCUT2D eigenvalue weighted by atomic mass is 19.1. The Morgan fingerprint density at radius 2 is 1.78 bits per heavy atom. The number of hydrogen-bond donors (Lipinski definition) is 1. The largest absolute Gasteiger partial charge is 0.497 e. The molecular formula is C26H26F2N4O4. The Kier molecular flexibility index (Phi) is 6.82. The van der Waals surface area contributed by atoms with Gasteiger partial charge >= 0.3 is 5.76 Å². The van der Waals surface area contributed by atoms with Gasteiger partial charge in [-0.2, -0.15) is 0 Å². The van der Waals surface area contributed by atoms with Crippen LogP contribution in [-0.4, -0.2) is 64.3 Å². The molecule has 1 atom stereocenters. The van der Waals surface area contributed by atoms with Crippen molar-refractivity contribution in [2.45, 2.75) is 12.6 Å². The van der Waals surface area contributed by atoms with E-state index in [1.807, 2.05) is 24.3 Å². The van der Waals surface area contributed by atoms with E-state index < -0.39 is 23.5 Å². The van der Waals surface area contributed by atoms with Crippen LogP contribution in [0.4, 0.5) is 8.78 Å². The van der Waals surface area contributed by atoms with Crippen LogP contribution >= 0.6 is 0 Å². The van der Waals surface area contributed by atoms with E-state index in [1.165, 1.54) is 6.20 Å². The molecule has 2 aromatic carbocycles. The lowest BCUT2D eigenvalue weighted by Crippen LogP contribution is -2.47. The van der Waals surface area contributed by atoms with Crippen molar-refractivity contribution >= 4 is 10.9 Å². The molecular weight excluding hydrogens is 470 g/mol. The summed E-state index contributed by atoms with van der Waals surface area (Å²) in [7, 11) is 1.61. The maximum Gasteiger partial charge on any atom is 0.423 e. The van der Waals surface area contributed by atoms with Crippen LogP contribution in [0.15, 0.2) is 64.1 Å². The average molecular weight is 497 g/mol. The normalized spacial score (nSPS) is 15.9. The number of oxazole rings is 1. The van der Waals surface area contributed by atoms with E-state index >= 15 is 0 Å².